The van der Waals surface area contributed by atoms with Crippen LogP contribution in [0.15, 0.2) is 28.7 Å². The molecule has 2 amide bonds. The van der Waals surface area contributed by atoms with Crippen molar-refractivity contribution in [2.75, 3.05) is 13.1 Å². The van der Waals surface area contributed by atoms with Crippen molar-refractivity contribution in [2.24, 2.45) is 5.92 Å². The molecule has 0 aliphatic heterocycles. The van der Waals surface area contributed by atoms with E-state index in [0.717, 1.165) is 0 Å². The van der Waals surface area contributed by atoms with E-state index in [4.69, 9.17) is 9.52 Å². The summed E-state index contributed by atoms with van der Waals surface area (Å²) in [4.78, 5) is 38.2. The first-order chi connectivity index (χ1) is 11.5. The molecule has 0 saturated heterocycles. The Morgan fingerprint density at radius 1 is 1.25 bits per heavy atom. The molecule has 0 fully saturated rings. The van der Waals surface area contributed by atoms with Gasteiger partial charge in [-0.25, -0.2) is 9.78 Å². The molecule has 0 saturated carbocycles. The number of nitrogens with one attached hydrogen (secondary N) is 2. The van der Waals surface area contributed by atoms with E-state index in [2.05, 4.69) is 15.6 Å². The molecule has 3 N–H and O–H groups in total. The molecule has 8 nitrogen and oxygen atoms in total. The summed E-state index contributed by atoms with van der Waals surface area (Å²) in [7, 11) is 0. The number of oxazole rings is 1. The number of carbonyl (C=O) groups is 3. The molecular weight excluding hydrogens is 314 g/mol. The normalized spacial score (nSPS) is 11.9. The summed E-state index contributed by atoms with van der Waals surface area (Å²) < 4.78 is 5.34. The van der Waals surface area contributed by atoms with Crippen molar-refractivity contribution < 1.29 is 23.9 Å². The predicted octanol–water partition coefficient (Wildman–Crippen LogP) is 1.81. The zero-order valence-electron chi connectivity index (χ0n) is 13.2. The Balaban J connectivity index is 1.76. The van der Waals surface area contributed by atoms with Gasteiger partial charge in [-0.2, -0.15) is 0 Å². The quantitative estimate of drug-likeness (QED) is 0.633. The number of ketones is 1. The Morgan fingerprint density at radius 3 is 2.71 bits per heavy atom. The van der Waals surface area contributed by atoms with Crippen LogP contribution in [0.1, 0.15) is 30.5 Å². The number of carbonyl (C=O) groups excluding carboxylic acids is 2. The first kappa shape index (κ1) is 17.5. The number of rotatable bonds is 8. The molecule has 0 spiro atoms. The fraction of sp³-hybridized carbons (Fsp3) is 0.375. The summed E-state index contributed by atoms with van der Waals surface area (Å²) in [5, 5.41) is 13.2. The van der Waals surface area contributed by atoms with E-state index in [1.165, 1.54) is 0 Å². The van der Waals surface area contributed by atoms with Crippen LogP contribution >= 0.6 is 0 Å². The average Bonchev–Trinajstić information content (AvgIpc) is 2.96. The Labute approximate surface area is 138 Å². The lowest BCUT2D eigenvalue weighted by Gasteiger charge is -2.10. The minimum absolute atomic E-state index is 0.00345. The smallest absolute Gasteiger partial charge is 0.404 e. The fourth-order valence-electron chi connectivity index (χ4n) is 2.16. The van der Waals surface area contributed by atoms with Crippen molar-refractivity contribution in [3.8, 4) is 0 Å². The molecule has 1 aromatic carbocycles. The van der Waals surface area contributed by atoms with Crippen molar-refractivity contribution in [1.82, 2.24) is 15.6 Å². The number of hydrogen-bond donors (Lipinski definition) is 3. The van der Waals surface area contributed by atoms with Crippen LogP contribution in [0.3, 0.4) is 0 Å². The number of Topliss-reactive ketones (excluding diaryl/α,β-unsaturated/α-hetero) is 1. The average molecular weight is 333 g/mol. The molecule has 128 valence electrons. The molecule has 1 heterocycles. The topological polar surface area (TPSA) is 122 Å². The van der Waals surface area contributed by atoms with Gasteiger partial charge < -0.3 is 20.2 Å². The second-order valence-electron chi connectivity index (χ2n) is 5.52. The van der Waals surface area contributed by atoms with E-state index in [9.17, 15) is 14.4 Å². The number of para-hydroxylation sites is 2. The van der Waals surface area contributed by atoms with Gasteiger partial charge >= 0.3 is 6.09 Å². The van der Waals surface area contributed by atoms with Gasteiger partial charge in [0.05, 0.1) is 6.54 Å². The maximum absolute atomic E-state index is 12.0. The minimum atomic E-state index is -1.09. The molecule has 0 radical (unpaired) electrons. The van der Waals surface area contributed by atoms with Crippen LogP contribution in [-0.4, -0.2) is 41.0 Å². The van der Waals surface area contributed by atoms with Crippen molar-refractivity contribution in [1.29, 1.82) is 0 Å². The molecule has 1 unspecified atom stereocenters. The van der Waals surface area contributed by atoms with Crippen LogP contribution in [0.5, 0.6) is 0 Å². The first-order valence-electron chi connectivity index (χ1n) is 7.58. The fourth-order valence-corrected chi connectivity index (χ4v) is 2.16. The lowest BCUT2D eigenvalue weighted by atomic mass is 10.0. The van der Waals surface area contributed by atoms with Gasteiger partial charge in [-0.05, 0) is 24.5 Å². The maximum Gasteiger partial charge on any atom is 0.404 e. The molecule has 24 heavy (non-hydrogen) atoms. The van der Waals surface area contributed by atoms with Crippen molar-refractivity contribution in [3.05, 3.63) is 30.2 Å². The highest BCUT2D eigenvalue weighted by Crippen LogP contribution is 2.14. The zero-order valence-corrected chi connectivity index (χ0v) is 13.2. The van der Waals surface area contributed by atoms with E-state index >= 15 is 0 Å². The highest BCUT2D eigenvalue weighted by Gasteiger charge is 2.16. The second kappa shape index (κ2) is 8.09. The van der Waals surface area contributed by atoms with Crippen LogP contribution in [0.2, 0.25) is 0 Å². The highest BCUT2D eigenvalue weighted by molar-refractivity contribution is 5.97. The summed E-state index contributed by atoms with van der Waals surface area (Å²) in [5.74, 6) is -0.714. The van der Waals surface area contributed by atoms with E-state index in [0.29, 0.717) is 17.5 Å². The number of nitrogens with zero attached hydrogens (tertiary/aromatic N) is 1. The molecule has 0 aliphatic carbocycles. The van der Waals surface area contributed by atoms with Crippen LogP contribution < -0.4 is 10.6 Å². The Kier molecular flexibility index (Phi) is 5.89. The van der Waals surface area contributed by atoms with Gasteiger partial charge in [0.1, 0.15) is 5.52 Å². The van der Waals surface area contributed by atoms with Crippen LogP contribution in [0.4, 0.5) is 4.79 Å². The number of hydrogen-bond acceptors (Lipinski definition) is 5. The summed E-state index contributed by atoms with van der Waals surface area (Å²) in [5.41, 5.74) is 1.11. The lowest BCUT2D eigenvalue weighted by Crippen LogP contribution is -2.31. The first-order valence-corrected chi connectivity index (χ1v) is 7.58. The molecule has 2 rings (SSSR count). The summed E-state index contributed by atoms with van der Waals surface area (Å²) in [6, 6.07) is 7.03. The zero-order chi connectivity index (χ0) is 17.5. The summed E-state index contributed by atoms with van der Waals surface area (Å²) in [6.07, 6.45) is -0.336. The molecule has 2 aromatic rings. The van der Waals surface area contributed by atoms with E-state index < -0.39 is 11.9 Å². The SMILES string of the molecule is CC(CCNC(=O)O)CC(=O)NCC(=O)c1nc2ccccc2o1. The summed E-state index contributed by atoms with van der Waals surface area (Å²) in [6.45, 7) is 1.93. The van der Waals surface area contributed by atoms with Crippen molar-refractivity contribution >= 4 is 28.9 Å². The number of carboxylic acid groups (broad SMARTS) is 1. The van der Waals surface area contributed by atoms with Gasteiger partial charge in [-0.1, -0.05) is 19.1 Å². The van der Waals surface area contributed by atoms with Crippen molar-refractivity contribution in [2.45, 2.75) is 19.8 Å². The number of fused-ring (bicyclic) bond motifs is 1. The third-order valence-corrected chi connectivity index (χ3v) is 3.43. The largest absolute Gasteiger partial charge is 0.465 e. The van der Waals surface area contributed by atoms with Gasteiger partial charge in [-0.3, -0.25) is 9.59 Å². The van der Waals surface area contributed by atoms with E-state index in [-0.39, 0.29) is 37.2 Å². The molecule has 1 aromatic heterocycles. The van der Waals surface area contributed by atoms with Crippen LogP contribution in [0, 0.1) is 5.92 Å². The van der Waals surface area contributed by atoms with Gasteiger partial charge in [0, 0.05) is 13.0 Å². The lowest BCUT2D eigenvalue weighted by molar-refractivity contribution is -0.121. The maximum atomic E-state index is 12.0. The van der Waals surface area contributed by atoms with E-state index in [1.807, 2.05) is 6.92 Å². The summed E-state index contributed by atoms with van der Waals surface area (Å²) >= 11 is 0. The van der Waals surface area contributed by atoms with Crippen LogP contribution in [-0.2, 0) is 4.79 Å². The molecule has 0 aliphatic rings. The van der Waals surface area contributed by atoms with Crippen LogP contribution in [0.25, 0.3) is 11.1 Å². The third kappa shape index (κ3) is 5.08. The standard InChI is InChI=1S/C16H19N3O5/c1-10(6-7-17-16(22)23)8-14(21)18-9-12(20)15-19-11-4-2-3-5-13(11)24-15/h2-5,10,17H,6-9H2,1H3,(H,18,21)(H,22,23). The molecular formula is C16H19N3O5. The molecule has 1 atom stereocenters. The number of aromatic nitrogens is 1. The predicted molar refractivity (Wildman–Crippen MR) is 85.8 cm³/mol. The minimum Gasteiger partial charge on any atom is -0.465 e. The second-order valence-corrected chi connectivity index (χ2v) is 5.52. The Bertz CT molecular complexity index is 707. The van der Waals surface area contributed by atoms with Gasteiger partial charge in [0.15, 0.2) is 5.58 Å². The Hall–Kier alpha value is -2.90. The molecule has 0 bridgehead atoms. The highest BCUT2D eigenvalue weighted by atomic mass is 16.4. The number of benzene rings is 1. The number of amides is 2. The monoisotopic (exact) mass is 333 g/mol. The third-order valence-electron chi connectivity index (χ3n) is 3.43. The van der Waals surface area contributed by atoms with Crippen molar-refractivity contribution in [3.63, 3.8) is 0 Å². The van der Waals surface area contributed by atoms with Gasteiger partial charge in [0.25, 0.3) is 5.89 Å². The van der Waals surface area contributed by atoms with Gasteiger partial charge in [-0.15, -0.1) is 0 Å². The van der Waals surface area contributed by atoms with E-state index in [1.54, 1.807) is 24.3 Å². The van der Waals surface area contributed by atoms with Gasteiger partial charge in [0.2, 0.25) is 11.7 Å². The Morgan fingerprint density at radius 2 is 2.00 bits per heavy atom. The molecule has 8 heteroatoms.